The van der Waals surface area contributed by atoms with Gasteiger partial charge in [-0.05, 0) is 37.3 Å². The maximum absolute atomic E-state index is 11.9. The van der Waals surface area contributed by atoms with Gasteiger partial charge in [0, 0.05) is 5.69 Å². The van der Waals surface area contributed by atoms with Gasteiger partial charge in [0.15, 0.2) is 0 Å². The minimum atomic E-state index is -0.0517. The Morgan fingerprint density at radius 3 is 2.59 bits per heavy atom. The van der Waals surface area contributed by atoms with E-state index in [0.717, 1.165) is 11.4 Å². The first kappa shape index (κ1) is 14.1. The summed E-state index contributed by atoms with van der Waals surface area (Å²) in [4.78, 5) is 11.9. The van der Waals surface area contributed by atoms with Crippen LogP contribution in [-0.4, -0.2) is 23.5 Å². The minimum absolute atomic E-state index is 0.0467. The van der Waals surface area contributed by atoms with Crippen molar-refractivity contribution < 1.29 is 4.79 Å². The molecule has 0 aromatic heterocycles. The molecule has 2 atom stereocenters. The van der Waals surface area contributed by atoms with Gasteiger partial charge in [0.2, 0.25) is 5.91 Å². The number of carbonyl (C=O) groups excluding carboxylic acids is 1. The van der Waals surface area contributed by atoms with Gasteiger partial charge in [-0.15, -0.1) is 11.8 Å². The van der Waals surface area contributed by atoms with Crippen molar-refractivity contribution in [1.29, 1.82) is 0 Å². The maximum atomic E-state index is 11.9. The van der Waals surface area contributed by atoms with Crippen LogP contribution < -0.4 is 11.1 Å². The summed E-state index contributed by atoms with van der Waals surface area (Å²) in [6.45, 7) is 4.68. The Bertz CT molecular complexity index is 343. The predicted octanol–water partition coefficient (Wildman–Crippen LogP) is 2.34. The molecule has 4 heteroatoms. The zero-order chi connectivity index (χ0) is 12.7. The number of amides is 1. The number of carbonyl (C=O) groups is 1. The second-order valence-corrected chi connectivity index (χ2v) is 5.55. The van der Waals surface area contributed by atoms with Crippen LogP contribution in [0.15, 0.2) is 30.3 Å². The van der Waals surface area contributed by atoms with E-state index in [1.807, 2.05) is 37.3 Å². The monoisotopic (exact) mass is 252 g/mol. The van der Waals surface area contributed by atoms with Gasteiger partial charge >= 0.3 is 0 Å². The molecule has 0 radical (unpaired) electrons. The Kier molecular flexibility index (Phi) is 6.08. The number of hydrogen-bond donors (Lipinski definition) is 2. The van der Waals surface area contributed by atoms with Crippen LogP contribution >= 0.6 is 11.8 Å². The zero-order valence-corrected chi connectivity index (χ0v) is 11.2. The summed E-state index contributed by atoms with van der Waals surface area (Å²) in [5.74, 6) is 1.41. The molecule has 1 aromatic carbocycles. The molecular weight excluding hydrogens is 232 g/mol. The first-order valence-electron chi connectivity index (χ1n) is 5.81. The summed E-state index contributed by atoms with van der Waals surface area (Å²) < 4.78 is 0. The van der Waals surface area contributed by atoms with Crippen LogP contribution in [0.2, 0.25) is 0 Å². The number of rotatable bonds is 6. The largest absolute Gasteiger partial charge is 0.330 e. The average Bonchev–Trinajstić information content (AvgIpc) is 2.36. The number of thioether (sulfide) groups is 1. The van der Waals surface area contributed by atoms with Gasteiger partial charge in [-0.1, -0.05) is 25.1 Å². The smallest absolute Gasteiger partial charge is 0.237 e. The van der Waals surface area contributed by atoms with E-state index in [2.05, 4.69) is 12.2 Å². The molecule has 0 saturated heterocycles. The maximum Gasteiger partial charge on any atom is 0.237 e. The standard InChI is InChI=1S/C13H20N2OS/c1-10(8-14)9-17-11(2)13(16)15-12-6-4-3-5-7-12/h3-7,10-11H,8-9,14H2,1-2H3,(H,15,16). The summed E-state index contributed by atoms with van der Waals surface area (Å²) in [7, 11) is 0. The van der Waals surface area contributed by atoms with E-state index in [4.69, 9.17) is 5.73 Å². The molecule has 0 aliphatic carbocycles. The fourth-order valence-corrected chi connectivity index (χ4v) is 2.18. The van der Waals surface area contributed by atoms with Crippen molar-refractivity contribution in [2.75, 3.05) is 17.6 Å². The van der Waals surface area contributed by atoms with Crippen LogP contribution in [-0.2, 0) is 4.79 Å². The summed E-state index contributed by atoms with van der Waals surface area (Å²) in [6, 6.07) is 9.51. The van der Waals surface area contributed by atoms with E-state index in [9.17, 15) is 4.79 Å². The van der Waals surface area contributed by atoms with E-state index < -0.39 is 0 Å². The quantitative estimate of drug-likeness (QED) is 0.817. The first-order chi connectivity index (χ1) is 8.13. The second-order valence-electron chi connectivity index (χ2n) is 4.17. The minimum Gasteiger partial charge on any atom is -0.330 e. The third-order valence-electron chi connectivity index (χ3n) is 2.44. The number of anilines is 1. The van der Waals surface area contributed by atoms with Gasteiger partial charge in [0.25, 0.3) is 0 Å². The van der Waals surface area contributed by atoms with E-state index >= 15 is 0 Å². The molecule has 3 N–H and O–H groups in total. The fourth-order valence-electron chi connectivity index (χ4n) is 1.22. The highest BCUT2D eigenvalue weighted by atomic mass is 32.2. The molecular formula is C13H20N2OS. The van der Waals surface area contributed by atoms with Crippen molar-refractivity contribution in [1.82, 2.24) is 0 Å². The molecule has 94 valence electrons. The Morgan fingerprint density at radius 2 is 2.00 bits per heavy atom. The molecule has 0 spiro atoms. The molecule has 1 rings (SSSR count). The van der Waals surface area contributed by atoms with Crippen LogP contribution in [0.3, 0.4) is 0 Å². The normalized spacial score (nSPS) is 14.1. The van der Waals surface area contributed by atoms with Crippen LogP contribution in [0.1, 0.15) is 13.8 Å². The number of nitrogens with two attached hydrogens (primary N) is 1. The van der Waals surface area contributed by atoms with Crippen LogP contribution in [0.5, 0.6) is 0 Å². The average molecular weight is 252 g/mol. The number of nitrogens with one attached hydrogen (secondary N) is 1. The lowest BCUT2D eigenvalue weighted by Crippen LogP contribution is -2.24. The van der Waals surface area contributed by atoms with Gasteiger partial charge in [-0.25, -0.2) is 0 Å². The zero-order valence-electron chi connectivity index (χ0n) is 10.3. The van der Waals surface area contributed by atoms with Gasteiger partial charge in [-0.3, -0.25) is 4.79 Å². The second kappa shape index (κ2) is 7.35. The Morgan fingerprint density at radius 1 is 1.35 bits per heavy atom. The van der Waals surface area contributed by atoms with Crippen molar-refractivity contribution >= 4 is 23.4 Å². The summed E-state index contributed by atoms with van der Waals surface area (Å²) in [5.41, 5.74) is 6.39. The van der Waals surface area contributed by atoms with Crippen molar-refractivity contribution in [3.8, 4) is 0 Å². The van der Waals surface area contributed by atoms with E-state index in [1.54, 1.807) is 11.8 Å². The summed E-state index contributed by atoms with van der Waals surface area (Å²) >= 11 is 1.64. The topological polar surface area (TPSA) is 55.1 Å². The van der Waals surface area contributed by atoms with Gasteiger partial charge in [-0.2, -0.15) is 0 Å². The van der Waals surface area contributed by atoms with Crippen molar-refractivity contribution in [2.45, 2.75) is 19.1 Å². The number of benzene rings is 1. The Hall–Kier alpha value is -1.00. The highest BCUT2D eigenvalue weighted by molar-refractivity contribution is 8.00. The van der Waals surface area contributed by atoms with Gasteiger partial charge < -0.3 is 11.1 Å². The lowest BCUT2D eigenvalue weighted by atomic mass is 10.2. The Balaban J connectivity index is 2.37. The van der Waals surface area contributed by atoms with Crippen LogP contribution in [0.4, 0.5) is 5.69 Å². The molecule has 17 heavy (non-hydrogen) atoms. The van der Waals surface area contributed by atoms with E-state index in [0.29, 0.717) is 12.5 Å². The SMILES string of the molecule is CC(CN)CSC(C)C(=O)Nc1ccccc1. The van der Waals surface area contributed by atoms with Crippen molar-refractivity contribution in [3.05, 3.63) is 30.3 Å². The fraction of sp³-hybridized carbons (Fsp3) is 0.462. The highest BCUT2D eigenvalue weighted by Gasteiger charge is 2.14. The molecule has 0 fully saturated rings. The van der Waals surface area contributed by atoms with Crippen molar-refractivity contribution in [3.63, 3.8) is 0 Å². The molecule has 0 aliphatic rings. The highest BCUT2D eigenvalue weighted by Crippen LogP contribution is 2.16. The lowest BCUT2D eigenvalue weighted by molar-refractivity contribution is -0.115. The number of hydrogen-bond acceptors (Lipinski definition) is 3. The molecule has 0 saturated carbocycles. The van der Waals surface area contributed by atoms with Crippen molar-refractivity contribution in [2.24, 2.45) is 11.7 Å². The molecule has 0 aliphatic heterocycles. The van der Waals surface area contributed by atoms with Gasteiger partial charge in [0.1, 0.15) is 0 Å². The summed E-state index contributed by atoms with van der Waals surface area (Å²) in [6.07, 6.45) is 0. The van der Waals surface area contributed by atoms with E-state index in [-0.39, 0.29) is 11.2 Å². The lowest BCUT2D eigenvalue weighted by Gasteiger charge is -2.14. The molecule has 0 heterocycles. The summed E-state index contributed by atoms with van der Waals surface area (Å²) in [5, 5.41) is 2.84. The molecule has 1 amide bonds. The number of para-hydroxylation sites is 1. The van der Waals surface area contributed by atoms with Gasteiger partial charge in [0.05, 0.1) is 5.25 Å². The van der Waals surface area contributed by atoms with Crippen LogP contribution in [0, 0.1) is 5.92 Å². The van der Waals surface area contributed by atoms with Crippen LogP contribution in [0.25, 0.3) is 0 Å². The Labute approximate surface area is 107 Å². The predicted molar refractivity (Wildman–Crippen MR) is 75.2 cm³/mol. The molecule has 2 unspecified atom stereocenters. The third-order valence-corrected chi connectivity index (χ3v) is 3.92. The third kappa shape index (κ3) is 5.24. The molecule has 3 nitrogen and oxygen atoms in total. The molecule has 0 bridgehead atoms. The first-order valence-corrected chi connectivity index (χ1v) is 6.86. The molecule has 1 aromatic rings. The van der Waals surface area contributed by atoms with E-state index in [1.165, 1.54) is 0 Å².